The van der Waals surface area contributed by atoms with Gasteiger partial charge in [0.2, 0.25) is 0 Å². The van der Waals surface area contributed by atoms with Gasteiger partial charge in [0, 0.05) is 18.3 Å². The molecule has 0 saturated heterocycles. The molecule has 5 aromatic rings. The summed E-state index contributed by atoms with van der Waals surface area (Å²) < 4.78 is 1.28. The van der Waals surface area contributed by atoms with Crippen molar-refractivity contribution in [2.75, 3.05) is 0 Å². The summed E-state index contributed by atoms with van der Waals surface area (Å²) in [5.41, 5.74) is 6.64. The largest absolute Gasteiger partial charge is 0.341 e. The molecule has 6 heteroatoms. The van der Waals surface area contributed by atoms with Crippen molar-refractivity contribution < 1.29 is 0 Å². The third-order valence-electron chi connectivity index (χ3n) is 4.53. The normalized spacial score (nSPS) is 11.2. The maximum Gasteiger partial charge on any atom is 0.177 e. The van der Waals surface area contributed by atoms with Crippen LogP contribution < -0.4 is 0 Å². The van der Waals surface area contributed by atoms with Gasteiger partial charge in [-0.25, -0.2) is 15.0 Å². The highest BCUT2D eigenvalue weighted by molar-refractivity contribution is 7.18. The Bertz CT molecular complexity index is 1180. The van der Waals surface area contributed by atoms with E-state index in [0.29, 0.717) is 0 Å². The number of benzene rings is 2. The molecule has 4 heterocycles. The van der Waals surface area contributed by atoms with Gasteiger partial charge < -0.3 is 4.98 Å². The number of nitrogens with zero attached hydrogens (tertiary/aromatic N) is 4. The molecule has 0 spiro atoms. The molecule has 0 atom stereocenters. The number of H-pyrrole nitrogens is 1. The average molecular weight is 446 g/mol. The SMILES string of the molecule is C.C.CC1=Nc2ccccc2C1.Cc1nc2ccccc2s1.Cc1nc2ncccc2[nH]1. The number of thiazole rings is 1. The monoisotopic (exact) mass is 445 g/mol. The average Bonchev–Trinajstić information content (AvgIpc) is 3.41. The van der Waals surface area contributed by atoms with Crippen molar-refractivity contribution in [2.45, 2.75) is 42.0 Å². The number of nitrogens with one attached hydrogen (secondary N) is 1. The zero-order chi connectivity index (χ0) is 20.9. The number of aromatic amines is 1. The number of imidazole rings is 1. The molecule has 0 radical (unpaired) electrons. The predicted molar refractivity (Wildman–Crippen MR) is 139 cm³/mol. The van der Waals surface area contributed by atoms with E-state index in [9.17, 15) is 0 Å². The van der Waals surface area contributed by atoms with Crippen LogP contribution in [0.5, 0.6) is 0 Å². The van der Waals surface area contributed by atoms with Gasteiger partial charge in [-0.15, -0.1) is 11.3 Å². The minimum Gasteiger partial charge on any atom is -0.341 e. The first-order valence-corrected chi connectivity index (χ1v) is 10.6. The third-order valence-corrected chi connectivity index (χ3v) is 5.48. The van der Waals surface area contributed by atoms with E-state index < -0.39 is 0 Å². The Hall–Kier alpha value is -3.38. The maximum absolute atomic E-state index is 4.37. The molecule has 166 valence electrons. The summed E-state index contributed by atoms with van der Waals surface area (Å²) in [6.07, 6.45) is 2.78. The molecule has 0 saturated carbocycles. The third kappa shape index (κ3) is 6.08. The summed E-state index contributed by atoms with van der Waals surface area (Å²) in [6.45, 7) is 6.02. The number of fused-ring (bicyclic) bond motifs is 3. The lowest BCUT2D eigenvalue weighted by molar-refractivity contribution is 1.16. The smallest absolute Gasteiger partial charge is 0.177 e. The fourth-order valence-electron chi connectivity index (χ4n) is 3.24. The quantitative estimate of drug-likeness (QED) is 0.269. The summed E-state index contributed by atoms with van der Waals surface area (Å²) in [4.78, 5) is 20.0. The van der Waals surface area contributed by atoms with Crippen LogP contribution in [0, 0.1) is 13.8 Å². The first-order chi connectivity index (χ1) is 14.6. The molecule has 6 rings (SSSR count). The number of hydrogen-bond donors (Lipinski definition) is 1. The Balaban J connectivity index is 0.000000165. The molecule has 32 heavy (non-hydrogen) atoms. The maximum atomic E-state index is 4.37. The molecule has 0 fully saturated rings. The van der Waals surface area contributed by atoms with E-state index in [1.54, 1.807) is 17.5 Å². The lowest BCUT2D eigenvalue weighted by Crippen LogP contribution is -1.87. The van der Waals surface area contributed by atoms with Crippen LogP contribution in [0.3, 0.4) is 0 Å². The highest BCUT2D eigenvalue weighted by Gasteiger charge is 2.08. The summed E-state index contributed by atoms with van der Waals surface area (Å²) in [5, 5.41) is 1.14. The van der Waals surface area contributed by atoms with Gasteiger partial charge in [0.05, 0.1) is 26.4 Å². The second-order valence-electron chi connectivity index (χ2n) is 7.05. The Morgan fingerprint density at radius 3 is 2.34 bits per heavy atom. The zero-order valence-corrected chi connectivity index (χ0v) is 18.1. The molecule has 0 unspecified atom stereocenters. The van der Waals surface area contributed by atoms with Crippen LogP contribution >= 0.6 is 11.3 Å². The standard InChI is InChI=1S/C9H9N.C8H7NS.C7H7N3.2CH4/c1-7-6-8-4-2-3-5-9(8)10-7;1-6-9-7-4-2-3-5-8(7)10-6;1-5-9-6-3-2-4-8-7(6)10-5;;/h2-5H,6H2,1H3;2-5H,1H3;2-4H,1H3,(H,8,9,10);2*1H4. The van der Waals surface area contributed by atoms with Gasteiger partial charge in [0.25, 0.3) is 0 Å². The number of aryl methyl sites for hydroxylation is 2. The Morgan fingerprint density at radius 1 is 0.844 bits per heavy atom. The van der Waals surface area contributed by atoms with E-state index in [4.69, 9.17) is 0 Å². The van der Waals surface area contributed by atoms with Crippen molar-refractivity contribution in [3.8, 4) is 0 Å². The Morgan fingerprint density at radius 2 is 1.59 bits per heavy atom. The molecule has 2 aromatic carbocycles. The van der Waals surface area contributed by atoms with Crippen LogP contribution in [-0.4, -0.2) is 25.6 Å². The zero-order valence-electron chi connectivity index (χ0n) is 17.3. The van der Waals surface area contributed by atoms with Crippen LogP contribution in [0.25, 0.3) is 21.4 Å². The van der Waals surface area contributed by atoms with Crippen molar-refractivity contribution in [1.82, 2.24) is 19.9 Å². The first-order valence-electron chi connectivity index (χ1n) is 9.80. The minimum absolute atomic E-state index is 0. The molecule has 1 N–H and O–H groups in total. The number of aliphatic imine (C=N–C) groups is 1. The van der Waals surface area contributed by atoms with Gasteiger partial charge in [-0.3, -0.25) is 4.99 Å². The Kier molecular flexibility index (Phi) is 8.79. The Labute approximate surface area is 194 Å². The fourth-order valence-corrected chi connectivity index (χ4v) is 4.07. The van der Waals surface area contributed by atoms with Gasteiger partial charge >= 0.3 is 0 Å². The van der Waals surface area contributed by atoms with E-state index in [1.807, 2.05) is 50.2 Å². The van der Waals surface area contributed by atoms with Crippen LogP contribution in [0.15, 0.2) is 71.9 Å². The van der Waals surface area contributed by atoms with Gasteiger partial charge in [-0.1, -0.05) is 45.2 Å². The van der Waals surface area contributed by atoms with Crippen molar-refractivity contribution in [3.05, 3.63) is 83.3 Å². The van der Waals surface area contributed by atoms with Crippen molar-refractivity contribution in [3.63, 3.8) is 0 Å². The molecule has 1 aliphatic rings. The molecule has 0 aliphatic carbocycles. The van der Waals surface area contributed by atoms with Gasteiger partial charge in [0.15, 0.2) is 5.65 Å². The summed E-state index contributed by atoms with van der Waals surface area (Å²) in [6, 6.07) is 20.3. The lowest BCUT2D eigenvalue weighted by atomic mass is 10.1. The lowest BCUT2D eigenvalue weighted by Gasteiger charge is -1.91. The van der Waals surface area contributed by atoms with Crippen molar-refractivity contribution in [1.29, 1.82) is 0 Å². The molecule has 3 aromatic heterocycles. The number of pyridine rings is 1. The summed E-state index contributed by atoms with van der Waals surface area (Å²) in [5.74, 6) is 0.911. The van der Waals surface area contributed by atoms with Gasteiger partial charge in [0.1, 0.15) is 5.82 Å². The van der Waals surface area contributed by atoms with E-state index in [1.165, 1.54) is 16.0 Å². The summed E-state index contributed by atoms with van der Waals surface area (Å²) >= 11 is 1.74. The van der Waals surface area contributed by atoms with Gasteiger partial charge in [-0.2, -0.15) is 0 Å². The molecule has 5 nitrogen and oxygen atoms in total. The molecule has 1 aliphatic heterocycles. The van der Waals surface area contributed by atoms with E-state index in [0.717, 1.165) is 39.6 Å². The number of rotatable bonds is 0. The van der Waals surface area contributed by atoms with Crippen LogP contribution in [0.1, 0.15) is 38.2 Å². The molecule has 0 bridgehead atoms. The van der Waals surface area contributed by atoms with E-state index in [2.05, 4.69) is 56.1 Å². The van der Waals surface area contributed by atoms with Crippen molar-refractivity contribution >= 4 is 44.1 Å². The molecular weight excluding hydrogens is 414 g/mol. The fraction of sp³-hybridized carbons (Fsp3) is 0.231. The molecule has 0 amide bonds. The number of hydrogen-bond acceptors (Lipinski definition) is 5. The highest BCUT2D eigenvalue weighted by Crippen LogP contribution is 2.25. The molecular formula is C26H31N5S. The first kappa shape index (κ1) is 24.9. The highest BCUT2D eigenvalue weighted by atomic mass is 32.1. The summed E-state index contributed by atoms with van der Waals surface area (Å²) in [7, 11) is 0. The van der Waals surface area contributed by atoms with Crippen LogP contribution in [0.2, 0.25) is 0 Å². The van der Waals surface area contributed by atoms with E-state index in [-0.39, 0.29) is 14.9 Å². The van der Waals surface area contributed by atoms with Crippen LogP contribution in [0.4, 0.5) is 5.69 Å². The van der Waals surface area contributed by atoms with Crippen molar-refractivity contribution in [2.24, 2.45) is 4.99 Å². The second kappa shape index (κ2) is 11.3. The minimum atomic E-state index is 0. The van der Waals surface area contributed by atoms with Gasteiger partial charge in [-0.05, 0) is 56.7 Å². The van der Waals surface area contributed by atoms with E-state index >= 15 is 0 Å². The topological polar surface area (TPSA) is 66.8 Å². The number of aromatic nitrogens is 4. The van der Waals surface area contributed by atoms with Crippen LogP contribution in [-0.2, 0) is 6.42 Å². The number of para-hydroxylation sites is 2. The predicted octanol–water partition coefficient (Wildman–Crippen LogP) is 7.48. The second-order valence-corrected chi connectivity index (χ2v) is 8.28.